The first-order valence-corrected chi connectivity index (χ1v) is 8.08. The van der Waals surface area contributed by atoms with Crippen LogP contribution in [0.25, 0.3) is 0 Å². The van der Waals surface area contributed by atoms with E-state index in [4.69, 9.17) is 9.47 Å². The summed E-state index contributed by atoms with van der Waals surface area (Å²) in [5, 5.41) is 0. The number of halogens is 1. The SMILES string of the molecule is O=C1CCC2(C=CC3=C2C(Br)=C2OCCOC2C3)CC1. The zero-order valence-corrected chi connectivity index (χ0v) is 12.9. The number of Topliss-reactive ketones (excluding diaryl/α,β-unsaturated/α-hetero) is 1. The summed E-state index contributed by atoms with van der Waals surface area (Å²) in [7, 11) is 0. The third-order valence-electron chi connectivity index (χ3n) is 4.92. The van der Waals surface area contributed by atoms with Gasteiger partial charge in [-0.15, -0.1) is 0 Å². The van der Waals surface area contributed by atoms with Crippen molar-refractivity contribution in [1.29, 1.82) is 0 Å². The van der Waals surface area contributed by atoms with Gasteiger partial charge in [-0.05, 0) is 39.9 Å². The standard InChI is InChI=1S/C16H17BrO3/c17-14-13-10(9-12-15(14)20-8-7-19-12)1-4-16(13)5-2-11(18)3-6-16/h1,4,12H,2-3,5-9H2. The number of hydrogen-bond donors (Lipinski definition) is 0. The van der Waals surface area contributed by atoms with Gasteiger partial charge in [0.15, 0.2) is 0 Å². The minimum atomic E-state index is 0.0425. The van der Waals surface area contributed by atoms with E-state index in [0.29, 0.717) is 31.8 Å². The number of ketones is 1. The van der Waals surface area contributed by atoms with Gasteiger partial charge in [-0.1, -0.05) is 12.2 Å². The van der Waals surface area contributed by atoms with E-state index in [1.54, 1.807) is 0 Å². The van der Waals surface area contributed by atoms with Crippen LogP contribution in [0, 0.1) is 5.41 Å². The number of rotatable bonds is 0. The number of fused-ring (bicyclic) bond motifs is 2. The molecule has 1 saturated carbocycles. The molecule has 20 heavy (non-hydrogen) atoms. The molecule has 0 radical (unpaired) electrons. The highest BCUT2D eigenvalue weighted by Gasteiger charge is 2.45. The van der Waals surface area contributed by atoms with Crippen molar-refractivity contribution in [3.05, 3.63) is 33.5 Å². The summed E-state index contributed by atoms with van der Waals surface area (Å²) in [6.07, 6.45) is 8.73. The molecule has 4 heteroatoms. The van der Waals surface area contributed by atoms with Gasteiger partial charge in [0.05, 0.1) is 11.1 Å². The Morgan fingerprint density at radius 3 is 2.85 bits per heavy atom. The molecule has 0 bridgehead atoms. The van der Waals surface area contributed by atoms with Crippen molar-refractivity contribution < 1.29 is 14.3 Å². The van der Waals surface area contributed by atoms with Crippen LogP contribution in [-0.4, -0.2) is 25.1 Å². The first-order valence-electron chi connectivity index (χ1n) is 7.29. The van der Waals surface area contributed by atoms with Gasteiger partial charge in [-0.25, -0.2) is 0 Å². The van der Waals surface area contributed by atoms with E-state index in [1.165, 1.54) is 11.1 Å². The lowest BCUT2D eigenvalue weighted by Crippen LogP contribution is -2.33. The van der Waals surface area contributed by atoms with Gasteiger partial charge in [0, 0.05) is 24.7 Å². The summed E-state index contributed by atoms with van der Waals surface area (Å²) >= 11 is 3.75. The van der Waals surface area contributed by atoms with Gasteiger partial charge < -0.3 is 9.47 Å². The van der Waals surface area contributed by atoms with Crippen LogP contribution in [0.4, 0.5) is 0 Å². The summed E-state index contributed by atoms with van der Waals surface area (Å²) in [6.45, 7) is 1.29. The maximum atomic E-state index is 11.6. The molecule has 1 spiro atoms. The number of ether oxygens (including phenoxy) is 2. The largest absolute Gasteiger partial charge is 0.492 e. The first-order chi connectivity index (χ1) is 9.70. The summed E-state index contributed by atoms with van der Waals surface area (Å²) < 4.78 is 12.7. The molecule has 0 amide bonds. The maximum absolute atomic E-state index is 11.6. The molecule has 4 aliphatic rings. The Morgan fingerprint density at radius 2 is 2.05 bits per heavy atom. The molecule has 3 aliphatic carbocycles. The second-order valence-electron chi connectivity index (χ2n) is 6.02. The van der Waals surface area contributed by atoms with Crippen molar-refractivity contribution >= 4 is 21.7 Å². The predicted octanol–water partition coefficient (Wildman–Crippen LogP) is 3.41. The van der Waals surface area contributed by atoms with Gasteiger partial charge in [0.25, 0.3) is 0 Å². The Bertz CT molecular complexity index is 560. The molecule has 1 atom stereocenters. The molecule has 106 valence electrons. The molecule has 1 saturated heterocycles. The fourth-order valence-electron chi connectivity index (χ4n) is 3.86. The van der Waals surface area contributed by atoms with Gasteiger partial charge in [0.1, 0.15) is 24.3 Å². The fraction of sp³-hybridized carbons (Fsp3) is 0.562. The molecular weight excluding hydrogens is 320 g/mol. The van der Waals surface area contributed by atoms with Gasteiger partial charge in [-0.2, -0.15) is 0 Å². The zero-order chi connectivity index (χ0) is 13.7. The van der Waals surface area contributed by atoms with E-state index >= 15 is 0 Å². The molecule has 1 unspecified atom stereocenters. The minimum absolute atomic E-state index is 0.0425. The molecular formula is C16H17BrO3. The number of hydrogen-bond acceptors (Lipinski definition) is 3. The Morgan fingerprint density at radius 1 is 1.25 bits per heavy atom. The zero-order valence-electron chi connectivity index (χ0n) is 11.3. The molecule has 2 fully saturated rings. The van der Waals surface area contributed by atoms with E-state index in [1.807, 2.05) is 0 Å². The molecule has 1 heterocycles. The Labute approximate surface area is 126 Å². The van der Waals surface area contributed by atoms with Crippen molar-refractivity contribution in [2.24, 2.45) is 5.41 Å². The highest BCUT2D eigenvalue weighted by molar-refractivity contribution is 9.12. The van der Waals surface area contributed by atoms with E-state index in [9.17, 15) is 4.79 Å². The summed E-state index contributed by atoms with van der Waals surface area (Å²) in [4.78, 5) is 11.6. The lowest BCUT2D eigenvalue weighted by atomic mass is 9.69. The number of carbonyl (C=O) groups is 1. The van der Waals surface area contributed by atoms with Crippen LogP contribution in [0.2, 0.25) is 0 Å². The normalized spacial score (nSPS) is 31.4. The predicted molar refractivity (Wildman–Crippen MR) is 78.3 cm³/mol. The highest BCUT2D eigenvalue weighted by Crippen LogP contribution is 2.55. The molecule has 0 aromatic carbocycles. The fourth-order valence-corrected chi connectivity index (χ4v) is 4.88. The van der Waals surface area contributed by atoms with Crippen molar-refractivity contribution in [2.45, 2.75) is 38.2 Å². The molecule has 4 rings (SSSR count). The monoisotopic (exact) mass is 336 g/mol. The van der Waals surface area contributed by atoms with E-state index in [-0.39, 0.29) is 11.5 Å². The van der Waals surface area contributed by atoms with Gasteiger partial charge in [-0.3, -0.25) is 4.79 Å². The van der Waals surface area contributed by atoms with Crippen molar-refractivity contribution in [3.8, 4) is 0 Å². The smallest absolute Gasteiger partial charge is 0.140 e. The molecule has 0 aromatic heterocycles. The lowest BCUT2D eigenvalue weighted by molar-refractivity contribution is -0.121. The number of allylic oxidation sites excluding steroid dienone is 4. The average molecular weight is 337 g/mol. The van der Waals surface area contributed by atoms with Crippen molar-refractivity contribution in [2.75, 3.05) is 13.2 Å². The number of carbonyl (C=O) groups excluding carboxylic acids is 1. The van der Waals surface area contributed by atoms with Gasteiger partial charge in [0.2, 0.25) is 0 Å². The molecule has 0 aromatic rings. The van der Waals surface area contributed by atoms with Crippen LogP contribution in [0.3, 0.4) is 0 Å². The summed E-state index contributed by atoms with van der Waals surface area (Å²) in [5.74, 6) is 1.35. The molecule has 1 aliphatic heterocycles. The molecule has 0 N–H and O–H groups in total. The van der Waals surface area contributed by atoms with Crippen LogP contribution in [0.5, 0.6) is 0 Å². The van der Waals surface area contributed by atoms with Crippen molar-refractivity contribution in [3.63, 3.8) is 0 Å². The Hall–Kier alpha value is -0.870. The van der Waals surface area contributed by atoms with Gasteiger partial charge >= 0.3 is 0 Å². The Balaban J connectivity index is 1.74. The summed E-state index contributed by atoms with van der Waals surface area (Å²) in [5.41, 5.74) is 2.74. The molecule has 3 nitrogen and oxygen atoms in total. The third-order valence-corrected chi connectivity index (χ3v) is 5.70. The minimum Gasteiger partial charge on any atom is -0.492 e. The van der Waals surface area contributed by atoms with Crippen LogP contribution in [-0.2, 0) is 14.3 Å². The van der Waals surface area contributed by atoms with Crippen LogP contribution >= 0.6 is 15.9 Å². The van der Waals surface area contributed by atoms with E-state index in [0.717, 1.165) is 29.5 Å². The average Bonchev–Trinajstić information content (AvgIpc) is 2.82. The third kappa shape index (κ3) is 1.77. The first kappa shape index (κ1) is 12.8. The quantitative estimate of drug-likeness (QED) is 0.680. The lowest BCUT2D eigenvalue weighted by Gasteiger charge is -2.39. The second kappa shape index (κ2) is 4.57. The van der Waals surface area contributed by atoms with E-state index < -0.39 is 0 Å². The van der Waals surface area contributed by atoms with Crippen molar-refractivity contribution in [1.82, 2.24) is 0 Å². The van der Waals surface area contributed by atoms with Crippen LogP contribution in [0.1, 0.15) is 32.1 Å². The summed E-state index contributed by atoms with van der Waals surface area (Å²) in [6, 6.07) is 0. The second-order valence-corrected chi connectivity index (χ2v) is 6.81. The topological polar surface area (TPSA) is 35.5 Å². The van der Waals surface area contributed by atoms with Crippen LogP contribution < -0.4 is 0 Å². The van der Waals surface area contributed by atoms with E-state index in [2.05, 4.69) is 28.1 Å². The maximum Gasteiger partial charge on any atom is 0.140 e. The van der Waals surface area contributed by atoms with Crippen LogP contribution in [0.15, 0.2) is 33.5 Å². The Kier molecular flexibility index (Phi) is 2.93. The highest BCUT2D eigenvalue weighted by atomic mass is 79.9.